The van der Waals surface area contributed by atoms with Crippen molar-refractivity contribution in [2.75, 3.05) is 5.32 Å². The average molecular weight is 359 g/mol. The van der Waals surface area contributed by atoms with Gasteiger partial charge in [0.25, 0.3) is 5.91 Å². The molecule has 8 heteroatoms. The van der Waals surface area contributed by atoms with Crippen LogP contribution in [-0.2, 0) is 13.5 Å². The summed E-state index contributed by atoms with van der Waals surface area (Å²) < 4.78 is 14.5. The molecule has 0 atom stereocenters. The molecule has 130 valence electrons. The number of benzene rings is 1. The summed E-state index contributed by atoms with van der Waals surface area (Å²) in [5.74, 6) is 0.727. The lowest BCUT2D eigenvalue weighted by Gasteiger charge is -2.00. The third kappa shape index (κ3) is 4.08. The molecule has 6 nitrogen and oxygen atoms in total. The number of anilines is 1. The Labute approximate surface area is 148 Å². The number of rotatable bonds is 5. The van der Waals surface area contributed by atoms with E-state index in [0.717, 1.165) is 10.6 Å². The van der Waals surface area contributed by atoms with E-state index in [9.17, 15) is 9.18 Å². The van der Waals surface area contributed by atoms with Gasteiger partial charge in [0.15, 0.2) is 5.82 Å². The lowest BCUT2D eigenvalue weighted by Crippen LogP contribution is -2.14. The van der Waals surface area contributed by atoms with Gasteiger partial charge >= 0.3 is 0 Å². The zero-order valence-corrected chi connectivity index (χ0v) is 15.0. The lowest BCUT2D eigenvalue weighted by atomic mass is 10.2. The monoisotopic (exact) mass is 359 g/mol. The summed E-state index contributed by atoms with van der Waals surface area (Å²) in [4.78, 5) is 21.5. The van der Waals surface area contributed by atoms with Crippen molar-refractivity contribution < 1.29 is 9.18 Å². The van der Waals surface area contributed by atoms with Crippen LogP contribution in [0.4, 0.5) is 10.3 Å². The Morgan fingerprint density at radius 3 is 2.68 bits per heavy atom. The largest absolute Gasteiger partial charge is 0.290 e. The predicted molar refractivity (Wildman–Crippen MR) is 94.4 cm³/mol. The van der Waals surface area contributed by atoms with Crippen molar-refractivity contribution in [3.8, 4) is 0 Å². The van der Waals surface area contributed by atoms with Crippen LogP contribution >= 0.6 is 11.3 Å². The fraction of sp³-hybridized carbons (Fsp3) is 0.294. The molecule has 0 unspecified atom stereocenters. The highest BCUT2D eigenvalue weighted by molar-refractivity contribution is 7.13. The Morgan fingerprint density at radius 1 is 1.32 bits per heavy atom. The van der Waals surface area contributed by atoms with E-state index in [1.54, 1.807) is 30.1 Å². The van der Waals surface area contributed by atoms with Crippen LogP contribution in [0.15, 0.2) is 30.5 Å². The predicted octanol–water partition coefficient (Wildman–Crippen LogP) is 3.38. The number of carbonyl (C=O) groups is 1. The minimum Gasteiger partial charge on any atom is -0.290 e. The Bertz CT molecular complexity index is 885. The van der Waals surface area contributed by atoms with Crippen LogP contribution in [-0.4, -0.2) is 25.7 Å². The fourth-order valence-corrected chi connectivity index (χ4v) is 3.04. The van der Waals surface area contributed by atoms with Crippen LogP contribution in [0.2, 0.25) is 0 Å². The number of hydrogen-bond acceptors (Lipinski definition) is 5. The Balaban J connectivity index is 1.69. The summed E-state index contributed by atoms with van der Waals surface area (Å²) in [6.45, 7) is 3.98. The number of halogens is 1. The third-order valence-corrected chi connectivity index (χ3v) is 4.56. The molecule has 0 saturated heterocycles. The second-order valence-corrected chi connectivity index (χ2v) is 7.06. The van der Waals surface area contributed by atoms with Gasteiger partial charge in [0, 0.05) is 19.4 Å². The van der Waals surface area contributed by atoms with Crippen LogP contribution < -0.4 is 5.32 Å². The topological polar surface area (TPSA) is 72.7 Å². The van der Waals surface area contributed by atoms with Crippen LogP contribution in [0.3, 0.4) is 0 Å². The summed E-state index contributed by atoms with van der Waals surface area (Å²) in [5.41, 5.74) is 0.942. The number of thiazole rings is 1. The van der Waals surface area contributed by atoms with Crippen LogP contribution in [0.5, 0.6) is 0 Å². The van der Waals surface area contributed by atoms with Crippen molar-refractivity contribution >= 4 is 23.2 Å². The number of aromatic nitrogens is 4. The van der Waals surface area contributed by atoms with E-state index in [2.05, 4.69) is 20.4 Å². The van der Waals surface area contributed by atoms with E-state index in [1.165, 1.54) is 23.5 Å². The van der Waals surface area contributed by atoms with Gasteiger partial charge in [-0.05, 0) is 17.7 Å². The molecule has 1 aromatic carbocycles. The molecule has 1 amide bonds. The van der Waals surface area contributed by atoms with Gasteiger partial charge in [-0.25, -0.2) is 14.1 Å². The van der Waals surface area contributed by atoms with E-state index in [0.29, 0.717) is 23.1 Å². The molecule has 0 saturated carbocycles. The van der Waals surface area contributed by atoms with Crippen molar-refractivity contribution in [1.82, 2.24) is 19.7 Å². The molecule has 0 aliphatic heterocycles. The number of carbonyl (C=O) groups excluding carboxylic acids is 1. The molecule has 0 fully saturated rings. The summed E-state index contributed by atoms with van der Waals surface area (Å²) >= 11 is 1.30. The zero-order chi connectivity index (χ0) is 18.0. The highest BCUT2D eigenvalue weighted by atomic mass is 32.1. The summed E-state index contributed by atoms with van der Waals surface area (Å²) in [7, 11) is 1.74. The highest BCUT2D eigenvalue weighted by Gasteiger charge is 2.16. The van der Waals surface area contributed by atoms with Crippen molar-refractivity contribution in [2.24, 2.45) is 7.05 Å². The number of nitrogens with zero attached hydrogens (tertiary/aromatic N) is 4. The summed E-state index contributed by atoms with van der Waals surface area (Å²) in [6.07, 6.45) is 2.10. The molecule has 1 N–H and O–H groups in total. The van der Waals surface area contributed by atoms with E-state index >= 15 is 0 Å². The first-order chi connectivity index (χ1) is 11.9. The molecule has 2 heterocycles. The smallest absolute Gasteiger partial charge is 0.269 e. The van der Waals surface area contributed by atoms with Crippen molar-refractivity contribution in [3.05, 3.63) is 57.6 Å². The number of nitrogens with one attached hydrogen (secondary N) is 1. The maximum absolute atomic E-state index is 12.9. The fourth-order valence-electron chi connectivity index (χ4n) is 2.19. The minimum absolute atomic E-state index is 0.183. The summed E-state index contributed by atoms with van der Waals surface area (Å²) in [5, 5.41) is 7.82. The van der Waals surface area contributed by atoms with Crippen LogP contribution in [0.25, 0.3) is 0 Å². The molecule has 0 aliphatic rings. The van der Waals surface area contributed by atoms with Crippen molar-refractivity contribution in [3.63, 3.8) is 0 Å². The second kappa shape index (κ2) is 7.10. The van der Waals surface area contributed by atoms with E-state index < -0.39 is 0 Å². The standard InChI is InChI=1S/C17H18FN5OS/c1-10(2)15-20-17(23(3)22-15)21-16(24)13-9-19-14(25-13)8-11-4-6-12(18)7-5-11/h4-7,9-10H,8H2,1-3H3,(H,20,21,22,24). The molecule has 3 aromatic rings. The Morgan fingerprint density at radius 2 is 2.04 bits per heavy atom. The normalized spacial score (nSPS) is 11.1. The zero-order valence-electron chi connectivity index (χ0n) is 14.2. The molecule has 0 radical (unpaired) electrons. The number of amides is 1. The van der Waals surface area contributed by atoms with Gasteiger partial charge in [-0.15, -0.1) is 11.3 Å². The van der Waals surface area contributed by atoms with Gasteiger partial charge in [0.1, 0.15) is 10.7 Å². The molecule has 0 bridgehead atoms. The van der Waals surface area contributed by atoms with Gasteiger partial charge < -0.3 is 0 Å². The quantitative estimate of drug-likeness (QED) is 0.758. The van der Waals surface area contributed by atoms with Gasteiger partial charge in [-0.3, -0.25) is 10.1 Å². The van der Waals surface area contributed by atoms with E-state index in [-0.39, 0.29) is 17.6 Å². The molecule has 2 aromatic heterocycles. The molecule has 0 aliphatic carbocycles. The number of aryl methyl sites for hydroxylation is 1. The average Bonchev–Trinajstić information content (AvgIpc) is 3.17. The first-order valence-electron chi connectivity index (χ1n) is 7.84. The third-order valence-electron chi connectivity index (χ3n) is 3.57. The van der Waals surface area contributed by atoms with Crippen molar-refractivity contribution in [2.45, 2.75) is 26.2 Å². The Kier molecular flexibility index (Phi) is 4.89. The molecule has 3 rings (SSSR count). The maximum atomic E-state index is 12.9. The molecular formula is C17H18FN5OS. The van der Waals surface area contributed by atoms with Gasteiger partial charge in [0.2, 0.25) is 5.95 Å². The van der Waals surface area contributed by atoms with Crippen LogP contribution in [0, 0.1) is 5.82 Å². The first kappa shape index (κ1) is 17.2. The lowest BCUT2D eigenvalue weighted by molar-refractivity contribution is 0.102. The van der Waals surface area contributed by atoms with E-state index in [4.69, 9.17) is 0 Å². The summed E-state index contributed by atoms with van der Waals surface area (Å²) in [6, 6.07) is 6.25. The maximum Gasteiger partial charge on any atom is 0.269 e. The number of hydrogen-bond donors (Lipinski definition) is 1. The van der Waals surface area contributed by atoms with Gasteiger partial charge in [-0.1, -0.05) is 26.0 Å². The van der Waals surface area contributed by atoms with Crippen LogP contribution in [0.1, 0.15) is 45.8 Å². The molecular weight excluding hydrogens is 341 g/mol. The van der Waals surface area contributed by atoms with Crippen molar-refractivity contribution in [1.29, 1.82) is 0 Å². The highest BCUT2D eigenvalue weighted by Crippen LogP contribution is 2.19. The Hall–Kier alpha value is -2.61. The molecule has 0 spiro atoms. The van der Waals surface area contributed by atoms with Gasteiger partial charge in [-0.2, -0.15) is 10.1 Å². The first-order valence-corrected chi connectivity index (χ1v) is 8.65. The minimum atomic E-state index is -0.271. The SMILES string of the molecule is CC(C)c1nc(NC(=O)c2cnc(Cc3ccc(F)cc3)s2)n(C)n1. The van der Waals surface area contributed by atoms with E-state index in [1.807, 2.05) is 13.8 Å². The molecule has 25 heavy (non-hydrogen) atoms. The second-order valence-electron chi connectivity index (χ2n) is 5.95. The van der Waals surface area contributed by atoms with Gasteiger partial charge in [0.05, 0.1) is 11.2 Å².